The Labute approximate surface area is 193 Å². The van der Waals surface area contributed by atoms with E-state index in [2.05, 4.69) is 9.72 Å². The molecule has 0 aliphatic carbocycles. The molecule has 1 aliphatic rings. The summed E-state index contributed by atoms with van der Waals surface area (Å²) in [5.41, 5.74) is 3.21. The van der Waals surface area contributed by atoms with E-state index < -0.39 is 12.3 Å². The number of rotatable bonds is 5. The molecule has 2 aromatic carbocycles. The summed E-state index contributed by atoms with van der Waals surface area (Å²) in [6, 6.07) is 12.8. The van der Waals surface area contributed by atoms with Crippen LogP contribution in [-0.4, -0.2) is 41.3 Å². The summed E-state index contributed by atoms with van der Waals surface area (Å²) < 4.78 is 46.0. The monoisotopic (exact) mass is 470 g/mol. The lowest BCUT2D eigenvalue weighted by molar-refractivity contribution is -0.274. The third kappa shape index (κ3) is 5.14. The van der Waals surface area contributed by atoms with Crippen molar-refractivity contribution in [1.82, 2.24) is 9.88 Å². The van der Waals surface area contributed by atoms with Gasteiger partial charge in [0.15, 0.2) is 0 Å². The van der Waals surface area contributed by atoms with Crippen molar-refractivity contribution < 1.29 is 32.2 Å². The molecule has 0 saturated carbocycles. The van der Waals surface area contributed by atoms with E-state index >= 15 is 0 Å². The van der Waals surface area contributed by atoms with Gasteiger partial charge in [0.2, 0.25) is 0 Å². The third-order valence-corrected chi connectivity index (χ3v) is 5.28. The maximum atomic E-state index is 12.9. The van der Waals surface area contributed by atoms with E-state index in [1.807, 2.05) is 24.3 Å². The Balaban J connectivity index is 1.58. The van der Waals surface area contributed by atoms with Gasteiger partial charge in [-0.15, -0.1) is 13.2 Å². The minimum Gasteiger partial charge on any atom is -0.462 e. The SMILES string of the molecule is CCOC(=O)C1=CN(C(=O)/C=C/c2ccc(OC(F)(F)F)cc2)CCc2c1[nH]c1ccccc21. The normalized spacial score (nSPS) is 14.0. The molecule has 3 aromatic rings. The third-order valence-electron chi connectivity index (χ3n) is 5.28. The minimum absolute atomic E-state index is 0.188. The number of para-hydroxylation sites is 1. The lowest BCUT2D eigenvalue weighted by Crippen LogP contribution is -2.26. The zero-order valence-electron chi connectivity index (χ0n) is 18.2. The number of ether oxygens (including phenoxy) is 2. The Kier molecular flexibility index (Phi) is 6.45. The van der Waals surface area contributed by atoms with Gasteiger partial charge in [0.1, 0.15) is 5.75 Å². The zero-order chi connectivity index (χ0) is 24.3. The molecule has 0 spiro atoms. The largest absolute Gasteiger partial charge is 0.573 e. The Morgan fingerprint density at radius 1 is 1.12 bits per heavy atom. The topological polar surface area (TPSA) is 71.6 Å². The van der Waals surface area contributed by atoms with Gasteiger partial charge >= 0.3 is 12.3 Å². The van der Waals surface area contributed by atoms with E-state index in [9.17, 15) is 22.8 Å². The molecule has 1 amide bonds. The van der Waals surface area contributed by atoms with Crippen molar-refractivity contribution in [3.8, 4) is 5.75 Å². The summed E-state index contributed by atoms with van der Waals surface area (Å²) in [5, 5.41) is 0.971. The van der Waals surface area contributed by atoms with Gasteiger partial charge in [-0.2, -0.15) is 0 Å². The minimum atomic E-state index is -4.77. The predicted molar refractivity (Wildman–Crippen MR) is 120 cm³/mol. The number of hydrogen-bond donors (Lipinski definition) is 1. The van der Waals surface area contributed by atoms with Crippen LogP contribution in [0.5, 0.6) is 5.75 Å². The first-order valence-electron chi connectivity index (χ1n) is 10.6. The van der Waals surface area contributed by atoms with Crippen molar-refractivity contribution in [3.05, 3.63) is 77.6 Å². The Morgan fingerprint density at radius 2 is 1.85 bits per heavy atom. The second kappa shape index (κ2) is 9.46. The number of nitrogens with one attached hydrogen (secondary N) is 1. The molecule has 4 rings (SSSR count). The number of carbonyl (C=O) groups is 2. The van der Waals surface area contributed by atoms with Crippen molar-refractivity contribution in [2.24, 2.45) is 0 Å². The molecule has 176 valence electrons. The molecule has 1 aromatic heterocycles. The van der Waals surface area contributed by atoms with Crippen molar-refractivity contribution in [2.45, 2.75) is 19.7 Å². The van der Waals surface area contributed by atoms with Crippen molar-refractivity contribution in [3.63, 3.8) is 0 Å². The van der Waals surface area contributed by atoms with Gasteiger partial charge in [0.25, 0.3) is 5.91 Å². The first-order chi connectivity index (χ1) is 16.2. The van der Waals surface area contributed by atoms with Crippen LogP contribution in [0.25, 0.3) is 22.6 Å². The number of aromatic amines is 1. The zero-order valence-corrected chi connectivity index (χ0v) is 18.2. The van der Waals surface area contributed by atoms with Crippen LogP contribution >= 0.6 is 0 Å². The molecule has 0 saturated heterocycles. The van der Waals surface area contributed by atoms with E-state index in [0.717, 1.165) is 16.5 Å². The molecule has 2 heterocycles. The van der Waals surface area contributed by atoms with E-state index in [4.69, 9.17) is 4.74 Å². The molecule has 1 aliphatic heterocycles. The van der Waals surface area contributed by atoms with Crippen LogP contribution in [0.2, 0.25) is 0 Å². The van der Waals surface area contributed by atoms with Crippen LogP contribution in [0.1, 0.15) is 23.7 Å². The summed E-state index contributed by atoms with van der Waals surface area (Å²) >= 11 is 0. The molecular formula is C25H21F3N2O4. The van der Waals surface area contributed by atoms with Gasteiger partial charge in [-0.1, -0.05) is 30.3 Å². The number of nitrogens with zero attached hydrogens (tertiary/aromatic N) is 1. The molecular weight excluding hydrogens is 449 g/mol. The van der Waals surface area contributed by atoms with Crippen molar-refractivity contribution in [2.75, 3.05) is 13.2 Å². The smallest absolute Gasteiger partial charge is 0.462 e. The fraction of sp³-hybridized carbons (Fsp3) is 0.200. The summed E-state index contributed by atoms with van der Waals surface area (Å²) in [7, 11) is 0. The number of alkyl halides is 3. The van der Waals surface area contributed by atoms with E-state index in [1.54, 1.807) is 6.92 Å². The highest BCUT2D eigenvalue weighted by Gasteiger charge is 2.31. The number of aromatic nitrogens is 1. The van der Waals surface area contributed by atoms with Crippen LogP contribution in [0, 0.1) is 0 Å². The molecule has 0 unspecified atom stereocenters. The quantitative estimate of drug-likeness (QED) is 0.418. The molecule has 0 atom stereocenters. The molecule has 0 bridgehead atoms. The fourth-order valence-electron chi connectivity index (χ4n) is 3.79. The van der Waals surface area contributed by atoms with E-state index in [0.29, 0.717) is 24.2 Å². The lowest BCUT2D eigenvalue weighted by Gasteiger charge is -2.15. The lowest BCUT2D eigenvalue weighted by atomic mass is 10.0. The van der Waals surface area contributed by atoms with Gasteiger partial charge in [0.05, 0.1) is 17.9 Å². The number of halogens is 3. The standard InChI is InChI=1S/C25H21F3N2O4/c1-2-33-24(32)20-15-30(14-13-19-18-5-3-4-6-21(18)29-23(19)20)22(31)12-9-16-7-10-17(11-8-16)34-25(26,27)28/h3-12,15,29H,2,13-14H2,1H3/b12-9+. The summed E-state index contributed by atoms with van der Waals surface area (Å²) in [4.78, 5) is 30.3. The summed E-state index contributed by atoms with van der Waals surface area (Å²) in [6.07, 6.45) is 0.00848. The number of esters is 1. The molecule has 0 radical (unpaired) electrons. The maximum Gasteiger partial charge on any atom is 0.573 e. The maximum absolute atomic E-state index is 12.9. The average molecular weight is 470 g/mol. The second-order valence-corrected chi connectivity index (χ2v) is 7.52. The highest BCUT2D eigenvalue weighted by molar-refractivity contribution is 6.18. The van der Waals surface area contributed by atoms with Gasteiger partial charge < -0.3 is 19.4 Å². The van der Waals surface area contributed by atoms with Crippen LogP contribution in [-0.2, 0) is 20.7 Å². The van der Waals surface area contributed by atoms with Crippen LogP contribution in [0.3, 0.4) is 0 Å². The van der Waals surface area contributed by atoms with E-state index in [1.165, 1.54) is 47.5 Å². The van der Waals surface area contributed by atoms with Crippen LogP contribution in [0.4, 0.5) is 13.2 Å². The van der Waals surface area contributed by atoms with E-state index in [-0.39, 0.29) is 23.8 Å². The Morgan fingerprint density at radius 3 is 2.56 bits per heavy atom. The highest BCUT2D eigenvalue weighted by Crippen LogP contribution is 2.31. The average Bonchev–Trinajstić information content (AvgIpc) is 3.05. The molecule has 0 fully saturated rings. The molecule has 34 heavy (non-hydrogen) atoms. The first-order valence-corrected chi connectivity index (χ1v) is 10.6. The molecule has 6 nitrogen and oxygen atoms in total. The number of carbonyl (C=O) groups excluding carboxylic acids is 2. The predicted octanol–water partition coefficient (Wildman–Crippen LogP) is 5.07. The van der Waals surface area contributed by atoms with Crippen molar-refractivity contribution >= 4 is 34.4 Å². The van der Waals surface area contributed by atoms with Gasteiger partial charge in [0, 0.05) is 29.7 Å². The summed E-state index contributed by atoms with van der Waals surface area (Å²) in [6.45, 7) is 2.23. The van der Waals surface area contributed by atoms with Gasteiger partial charge in [-0.05, 0) is 48.7 Å². The van der Waals surface area contributed by atoms with Crippen LogP contribution in [0.15, 0.2) is 60.8 Å². The summed E-state index contributed by atoms with van der Waals surface area (Å²) in [5.74, 6) is -1.27. The number of benzene rings is 2. The van der Waals surface area contributed by atoms with Gasteiger partial charge in [-0.25, -0.2) is 4.79 Å². The second-order valence-electron chi connectivity index (χ2n) is 7.52. The number of H-pyrrole nitrogens is 1. The fourth-order valence-corrected chi connectivity index (χ4v) is 3.79. The number of hydrogen-bond acceptors (Lipinski definition) is 4. The molecule has 9 heteroatoms. The van der Waals surface area contributed by atoms with Crippen LogP contribution < -0.4 is 4.74 Å². The number of fused-ring (bicyclic) bond motifs is 3. The van der Waals surface area contributed by atoms with Gasteiger partial charge in [-0.3, -0.25) is 4.79 Å². The molecule has 1 N–H and O–H groups in total. The first kappa shape index (κ1) is 23.2. The number of amides is 1. The Hall–Kier alpha value is -4.01. The Bertz CT molecular complexity index is 1270. The highest BCUT2D eigenvalue weighted by atomic mass is 19.4. The van der Waals surface area contributed by atoms with Crippen molar-refractivity contribution in [1.29, 1.82) is 0 Å².